The van der Waals surface area contributed by atoms with Crippen molar-refractivity contribution in [2.24, 2.45) is 0 Å². The van der Waals surface area contributed by atoms with Gasteiger partial charge in [0.1, 0.15) is 11.5 Å². The van der Waals surface area contributed by atoms with Gasteiger partial charge in [-0.25, -0.2) is 0 Å². The fourth-order valence-electron chi connectivity index (χ4n) is 2.12. The Kier molecular flexibility index (Phi) is 5.28. The molecule has 1 unspecified atom stereocenters. The van der Waals surface area contributed by atoms with Gasteiger partial charge in [0.2, 0.25) is 0 Å². The van der Waals surface area contributed by atoms with E-state index in [0.29, 0.717) is 22.9 Å². The molecule has 0 saturated heterocycles. The lowest BCUT2D eigenvalue weighted by Gasteiger charge is -2.14. The van der Waals surface area contributed by atoms with E-state index in [4.69, 9.17) is 16.3 Å². The van der Waals surface area contributed by atoms with Crippen molar-refractivity contribution in [1.82, 2.24) is 5.32 Å². The first-order chi connectivity index (χ1) is 10.5. The zero-order chi connectivity index (χ0) is 16.1. The summed E-state index contributed by atoms with van der Waals surface area (Å²) in [6.45, 7) is 2.47. The Balaban J connectivity index is 2.03. The van der Waals surface area contributed by atoms with E-state index < -0.39 is 0 Å². The second-order valence-corrected chi connectivity index (χ2v) is 5.48. The van der Waals surface area contributed by atoms with Crippen molar-refractivity contribution in [2.75, 3.05) is 13.7 Å². The number of hydrogen-bond donors (Lipinski definition) is 2. The van der Waals surface area contributed by atoms with Crippen LogP contribution >= 0.6 is 11.6 Å². The van der Waals surface area contributed by atoms with E-state index in [1.807, 2.05) is 19.1 Å². The number of benzene rings is 2. The summed E-state index contributed by atoms with van der Waals surface area (Å²) in [6, 6.07) is 11.9. The lowest BCUT2D eigenvalue weighted by Crippen LogP contribution is -2.27. The Hall–Kier alpha value is -2.20. The molecule has 0 aliphatic carbocycles. The summed E-state index contributed by atoms with van der Waals surface area (Å²) in [5.41, 5.74) is 1.45. The maximum Gasteiger partial charge on any atom is 0.255 e. The van der Waals surface area contributed by atoms with E-state index in [1.54, 1.807) is 30.3 Å². The van der Waals surface area contributed by atoms with Crippen LogP contribution < -0.4 is 10.1 Å². The second-order valence-electron chi connectivity index (χ2n) is 5.05. The van der Waals surface area contributed by atoms with Gasteiger partial charge in [-0.15, -0.1) is 0 Å². The second kappa shape index (κ2) is 7.18. The summed E-state index contributed by atoms with van der Waals surface area (Å²) < 4.78 is 5.18. The first-order valence-electron chi connectivity index (χ1n) is 6.92. The van der Waals surface area contributed by atoms with Gasteiger partial charge in [0.15, 0.2) is 0 Å². The molecule has 0 saturated carbocycles. The molecule has 2 aromatic rings. The number of phenols is 1. The van der Waals surface area contributed by atoms with Gasteiger partial charge in [-0.2, -0.15) is 0 Å². The lowest BCUT2D eigenvalue weighted by molar-refractivity contribution is 0.0948. The van der Waals surface area contributed by atoms with Crippen LogP contribution in [0.25, 0.3) is 0 Å². The number of hydrogen-bond acceptors (Lipinski definition) is 3. The van der Waals surface area contributed by atoms with E-state index >= 15 is 0 Å². The Bertz CT molecular complexity index is 655. The number of aromatic hydroxyl groups is 1. The van der Waals surface area contributed by atoms with Gasteiger partial charge < -0.3 is 15.2 Å². The maximum absolute atomic E-state index is 12.3. The number of amides is 1. The Morgan fingerprint density at radius 2 is 1.95 bits per heavy atom. The molecule has 0 aliphatic rings. The average molecular weight is 320 g/mol. The van der Waals surface area contributed by atoms with Crippen molar-refractivity contribution in [1.29, 1.82) is 0 Å². The number of ether oxygens (including phenoxy) is 1. The smallest absolute Gasteiger partial charge is 0.255 e. The Morgan fingerprint density at radius 1 is 1.27 bits per heavy atom. The van der Waals surface area contributed by atoms with E-state index in [2.05, 4.69) is 5.32 Å². The van der Waals surface area contributed by atoms with Gasteiger partial charge in [0.25, 0.3) is 5.91 Å². The summed E-state index contributed by atoms with van der Waals surface area (Å²) in [7, 11) is 1.51. The van der Waals surface area contributed by atoms with Crippen LogP contribution in [0.15, 0.2) is 42.5 Å². The largest absolute Gasteiger partial charge is 0.508 e. The zero-order valence-electron chi connectivity index (χ0n) is 12.5. The van der Waals surface area contributed by atoms with Gasteiger partial charge in [0, 0.05) is 11.6 Å². The minimum atomic E-state index is -0.232. The molecule has 0 aliphatic heterocycles. The maximum atomic E-state index is 12.3. The molecule has 22 heavy (non-hydrogen) atoms. The fourth-order valence-corrected chi connectivity index (χ4v) is 2.29. The molecule has 1 amide bonds. The first kappa shape index (κ1) is 16.2. The molecule has 1 atom stereocenters. The zero-order valence-corrected chi connectivity index (χ0v) is 13.2. The topological polar surface area (TPSA) is 58.6 Å². The van der Waals surface area contributed by atoms with Crippen LogP contribution in [-0.2, 0) is 0 Å². The van der Waals surface area contributed by atoms with Crippen molar-refractivity contribution in [3.05, 3.63) is 58.6 Å². The lowest BCUT2D eigenvalue weighted by atomic mass is 10.0. The average Bonchev–Trinajstić information content (AvgIpc) is 2.53. The molecule has 0 aromatic heterocycles. The highest BCUT2D eigenvalue weighted by atomic mass is 35.5. The van der Waals surface area contributed by atoms with Crippen LogP contribution in [0.3, 0.4) is 0 Å². The van der Waals surface area contributed by atoms with Crippen LogP contribution in [-0.4, -0.2) is 24.7 Å². The monoisotopic (exact) mass is 319 g/mol. The highest BCUT2D eigenvalue weighted by Crippen LogP contribution is 2.23. The molecule has 0 fully saturated rings. The molecular formula is C17H18ClNO3. The third kappa shape index (κ3) is 3.92. The number of halogens is 1. The molecule has 116 valence electrons. The van der Waals surface area contributed by atoms with Gasteiger partial charge in [-0.1, -0.05) is 30.7 Å². The SMILES string of the molecule is COc1ccc(Cl)cc1C(=O)NCC(C)c1ccc(O)cc1. The molecule has 4 nitrogen and oxygen atoms in total. The van der Waals surface area contributed by atoms with Crippen molar-refractivity contribution >= 4 is 17.5 Å². The number of carbonyl (C=O) groups is 1. The van der Waals surface area contributed by atoms with E-state index in [0.717, 1.165) is 5.56 Å². The minimum Gasteiger partial charge on any atom is -0.508 e. The first-order valence-corrected chi connectivity index (χ1v) is 7.29. The Labute approximate surface area is 134 Å². The van der Waals surface area contributed by atoms with E-state index in [-0.39, 0.29) is 17.6 Å². The molecule has 0 radical (unpaired) electrons. The van der Waals surface area contributed by atoms with Gasteiger partial charge in [-0.05, 0) is 41.8 Å². The van der Waals surface area contributed by atoms with Gasteiger partial charge in [0.05, 0.1) is 12.7 Å². The molecule has 5 heteroatoms. The highest BCUT2D eigenvalue weighted by Gasteiger charge is 2.14. The molecular weight excluding hydrogens is 302 g/mol. The normalized spacial score (nSPS) is 11.8. The predicted molar refractivity (Wildman–Crippen MR) is 86.9 cm³/mol. The van der Waals surface area contributed by atoms with Crippen molar-refractivity contribution in [2.45, 2.75) is 12.8 Å². The van der Waals surface area contributed by atoms with Crippen LogP contribution in [0.4, 0.5) is 0 Å². The molecule has 0 bridgehead atoms. The summed E-state index contributed by atoms with van der Waals surface area (Å²) in [4.78, 5) is 12.3. The summed E-state index contributed by atoms with van der Waals surface area (Å²) in [5, 5.41) is 12.7. The van der Waals surface area contributed by atoms with E-state index in [9.17, 15) is 9.90 Å². The molecule has 2 aromatic carbocycles. The van der Waals surface area contributed by atoms with Crippen LogP contribution in [0.2, 0.25) is 5.02 Å². The van der Waals surface area contributed by atoms with Gasteiger partial charge in [-0.3, -0.25) is 4.79 Å². The summed E-state index contributed by atoms with van der Waals surface area (Å²) in [5.74, 6) is 0.600. The molecule has 0 heterocycles. The molecule has 2 N–H and O–H groups in total. The summed E-state index contributed by atoms with van der Waals surface area (Å²) >= 11 is 5.93. The standard InChI is InChI=1S/C17H18ClNO3/c1-11(12-3-6-14(20)7-4-12)10-19-17(21)15-9-13(18)5-8-16(15)22-2/h3-9,11,20H,10H2,1-2H3,(H,19,21). The molecule has 2 rings (SSSR count). The van der Waals surface area contributed by atoms with Crippen molar-refractivity contribution < 1.29 is 14.6 Å². The number of methoxy groups -OCH3 is 1. The third-order valence-corrected chi connectivity index (χ3v) is 3.67. The number of phenolic OH excluding ortho intramolecular Hbond substituents is 1. The van der Waals surface area contributed by atoms with Crippen LogP contribution in [0.5, 0.6) is 11.5 Å². The van der Waals surface area contributed by atoms with Gasteiger partial charge >= 0.3 is 0 Å². The van der Waals surface area contributed by atoms with E-state index in [1.165, 1.54) is 7.11 Å². The molecule has 0 spiro atoms. The minimum absolute atomic E-state index is 0.120. The number of carbonyl (C=O) groups excluding carboxylic acids is 1. The van der Waals surface area contributed by atoms with Crippen LogP contribution in [0.1, 0.15) is 28.8 Å². The predicted octanol–water partition coefficient (Wildman–Crippen LogP) is 3.59. The summed E-state index contributed by atoms with van der Waals surface area (Å²) in [6.07, 6.45) is 0. The quantitative estimate of drug-likeness (QED) is 0.885. The third-order valence-electron chi connectivity index (χ3n) is 3.44. The highest BCUT2D eigenvalue weighted by molar-refractivity contribution is 6.31. The fraction of sp³-hybridized carbons (Fsp3) is 0.235. The van der Waals surface area contributed by atoms with Crippen molar-refractivity contribution in [3.63, 3.8) is 0 Å². The van der Waals surface area contributed by atoms with Crippen molar-refractivity contribution in [3.8, 4) is 11.5 Å². The Morgan fingerprint density at radius 3 is 2.59 bits per heavy atom. The van der Waals surface area contributed by atoms with Crippen LogP contribution in [0, 0.1) is 0 Å². The number of rotatable bonds is 5. The number of nitrogens with one attached hydrogen (secondary N) is 1.